The molecule has 0 aliphatic rings. The van der Waals surface area contributed by atoms with Crippen LogP contribution in [0, 0.1) is 24.2 Å². The van der Waals surface area contributed by atoms with Gasteiger partial charge in [0.15, 0.2) is 0 Å². The van der Waals surface area contributed by atoms with Crippen LogP contribution in [0.15, 0.2) is 30.3 Å². The minimum absolute atomic E-state index is 0.107. The molecule has 1 heterocycles. The van der Waals surface area contributed by atoms with Crippen molar-refractivity contribution in [2.24, 2.45) is 5.92 Å². The molecule has 0 saturated carbocycles. The van der Waals surface area contributed by atoms with E-state index < -0.39 is 5.97 Å². The fourth-order valence-corrected chi connectivity index (χ4v) is 2.57. The van der Waals surface area contributed by atoms with Crippen LogP contribution in [0.4, 0.5) is 0 Å². The number of aromatic carboxylic acids is 1. The molecule has 0 aliphatic heterocycles. The van der Waals surface area contributed by atoms with E-state index in [1.807, 2.05) is 44.2 Å². The van der Waals surface area contributed by atoms with E-state index in [0.29, 0.717) is 34.9 Å². The summed E-state index contributed by atoms with van der Waals surface area (Å²) in [6.07, 6.45) is 0.642. The number of nitriles is 1. The van der Waals surface area contributed by atoms with Crippen molar-refractivity contribution in [2.45, 2.75) is 27.2 Å². The van der Waals surface area contributed by atoms with Gasteiger partial charge in [0.25, 0.3) is 0 Å². The van der Waals surface area contributed by atoms with Gasteiger partial charge in [-0.2, -0.15) is 5.26 Å². The Morgan fingerprint density at radius 1 is 1.32 bits per heavy atom. The van der Waals surface area contributed by atoms with Gasteiger partial charge in [-0.05, 0) is 24.8 Å². The van der Waals surface area contributed by atoms with Gasteiger partial charge in [-0.3, -0.25) is 4.98 Å². The second-order valence-electron chi connectivity index (χ2n) is 5.65. The standard InChI is InChI=1S/C18H18N2O2/c1-11(2)9-15-14(10-19)17(13-7-5-4-6-8-13)16(18(21)22)12(3)20-15/h4-8,11H,9H2,1-3H3,(H,21,22). The first-order chi connectivity index (χ1) is 10.5. The van der Waals surface area contributed by atoms with Crippen molar-refractivity contribution in [2.75, 3.05) is 0 Å². The van der Waals surface area contributed by atoms with E-state index in [9.17, 15) is 15.2 Å². The van der Waals surface area contributed by atoms with Crippen LogP contribution in [-0.2, 0) is 6.42 Å². The third kappa shape index (κ3) is 2.99. The Bertz CT molecular complexity index is 744. The Labute approximate surface area is 130 Å². The number of carboxylic acid groups (broad SMARTS) is 1. The number of aromatic nitrogens is 1. The number of aryl methyl sites for hydroxylation is 1. The summed E-state index contributed by atoms with van der Waals surface area (Å²) in [4.78, 5) is 16.1. The van der Waals surface area contributed by atoms with E-state index in [1.165, 1.54) is 0 Å². The maximum absolute atomic E-state index is 11.7. The van der Waals surface area contributed by atoms with Crippen LogP contribution in [0.3, 0.4) is 0 Å². The van der Waals surface area contributed by atoms with E-state index in [-0.39, 0.29) is 5.56 Å². The van der Waals surface area contributed by atoms with Gasteiger partial charge >= 0.3 is 5.97 Å². The highest BCUT2D eigenvalue weighted by atomic mass is 16.4. The lowest BCUT2D eigenvalue weighted by atomic mass is 9.91. The Kier molecular flexibility index (Phi) is 4.57. The van der Waals surface area contributed by atoms with E-state index in [0.717, 1.165) is 5.56 Å². The summed E-state index contributed by atoms with van der Waals surface area (Å²) in [5.74, 6) is -0.727. The van der Waals surface area contributed by atoms with Crippen molar-refractivity contribution in [1.82, 2.24) is 4.98 Å². The molecule has 22 heavy (non-hydrogen) atoms. The SMILES string of the molecule is Cc1nc(CC(C)C)c(C#N)c(-c2ccccc2)c1C(=O)O. The topological polar surface area (TPSA) is 74.0 Å². The highest BCUT2D eigenvalue weighted by Crippen LogP contribution is 2.31. The average molecular weight is 294 g/mol. The monoisotopic (exact) mass is 294 g/mol. The third-order valence-electron chi connectivity index (χ3n) is 3.44. The summed E-state index contributed by atoms with van der Waals surface area (Å²) in [6, 6.07) is 11.3. The van der Waals surface area contributed by atoms with Crippen molar-refractivity contribution in [3.8, 4) is 17.2 Å². The number of rotatable bonds is 4. The van der Waals surface area contributed by atoms with E-state index in [2.05, 4.69) is 11.1 Å². The zero-order chi connectivity index (χ0) is 16.3. The second kappa shape index (κ2) is 6.40. The van der Waals surface area contributed by atoms with Gasteiger partial charge in [0, 0.05) is 5.56 Å². The van der Waals surface area contributed by atoms with Crippen LogP contribution in [0.1, 0.15) is 41.2 Å². The van der Waals surface area contributed by atoms with Crippen molar-refractivity contribution in [3.63, 3.8) is 0 Å². The van der Waals surface area contributed by atoms with Gasteiger partial charge in [0.2, 0.25) is 0 Å². The van der Waals surface area contributed by atoms with Crippen LogP contribution >= 0.6 is 0 Å². The number of pyridine rings is 1. The maximum Gasteiger partial charge on any atom is 0.338 e. The number of benzene rings is 1. The van der Waals surface area contributed by atoms with Crippen LogP contribution in [0.2, 0.25) is 0 Å². The van der Waals surface area contributed by atoms with Gasteiger partial charge in [0.1, 0.15) is 6.07 Å². The molecular weight excluding hydrogens is 276 g/mol. The third-order valence-corrected chi connectivity index (χ3v) is 3.44. The molecule has 112 valence electrons. The molecule has 0 amide bonds. The van der Waals surface area contributed by atoms with Gasteiger partial charge in [-0.25, -0.2) is 4.79 Å². The quantitative estimate of drug-likeness (QED) is 0.930. The maximum atomic E-state index is 11.7. The largest absolute Gasteiger partial charge is 0.478 e. The molecule has 4 nitrogen and oxygen atoms in total. The first kappa shape index (κ1) is 15.7. The molecule has 0 spiro atoms. The lowest BCUT2D eigenvalue weighted by Crippen LogP contribution is -2.12. The molecule has 0 bridgehead atoms. The minimum atomic E-state index is -1.06. The van der Waals surface area contributed by atoms with E-state index >= 15 is 0 Å². The smallest absolute Gasteiger partial charge is 0.338 e. The van der Waals surface area contributed by atoms with Gasteiger partial charge in [0.05, 0.1) is 22.5 Å². The first-order valence-electron chi connectivity index (χ1n) is 7.18. The van der Waals surface area contributed by atoms with Crippen LogP contribution in [-0.4, -0.2) is 16.1 Å². The molecule has 0 fully saturated rings. The number of carboxylic acids is 1. The predicted molar refractivity (Wildman–Crippen MR) is 84.6 cm³/mol. The molecule has 4 heteroatoms. The number of carbonyl (C=O) groups is 1. The van der Waals surface area contributed by atoms with Gasteiger partial charge in [-0.1, -0.05) is 44.2 Å². The summed E-state index contributed by atoms with van der Waals surface area (Å²) in [7, 11) is 0. The number of hydrogen-bond acceptors (Lipinski definition) is 3. The van der Waals surface area contributed by atoms with Crippen molar-refractivity contribution in [1.29, 1.82) is 5.26 Å². The molecule has 1 N–H and O–H groups in total. The average Bonchev–Trinajstić information content (AvgIpc) is 2.46. The molecule has 0 radical (unpaired) electrons. The predicted octanol–water partition coefficient (Wildman–Crippen LogP) is 3.83. The lowest BCUT2D eigenvalue weighted by Gasteiger charge is -2.16. The van der Waals surface area contributed by atoms with Crippen LogP contribution in [0.25, 0.3) is 11.1 Å². The Hall–Kier alpha value is -2.67. The van der Waals surface area contributed by atoms with Crippen molar-refractivity contribution >= 4 is 5.97 Å². The molecule has 0 atom stereocenters. The first-order valence-corrected chi connectivity index (χ1v) is 7.18. The molecular formula is C18H18N2O2. The normalized spacial score (nSPS) is 10.5. The van der Waals surface area contributed by atoms with Crippen LogP contribution in [0.5, 0.6) is 0 Å². The molecule has 1 aromatic carbocycles. The zero-order valence-corrected chi connectivity index (χ0v) is 12.9. The Morgan fingerprint density at radius 2 is 1.95 bits per heavy atom. The molecule has 2 rings (SSSR count). The van der Waals surface area contributed by atoms with E-state index in [1.54, 1.807) is 6.92 Å². The lowest BCUT2D eigenvalue weighted by molar-refractivity contribution is 0.0696. The number of nitrogens with zero attached hydrogens (tertiary/aromatic N) is 2. The molecule has 0 unspecified atom stereocenters. The molecule has 0 aliphatic carbocycles. The Balaban J connectivity index is 2.84. The van der Waals surface area contributed by atoms with Gasteiger partial charge < -0.3 is 5.11 Å². The fourth-order valence-electron chi connectivity index (χ4n) is 2.57. The zero-order valence-electron chi connectivity index (χ0n) is 12.9. The summed E-state index contributed by atoms with van der Waals surface area (Å²) in [5, 5.41) is 19.1. The molecule has 2 aromatic rings. The molecule has 0 saturated heterocycles. The Morgan fingerprint density at radius 3 is 2.45 bits per heavy atom. The second-order valence-corrected chi connectivity index (χ2v) is 5.65. The van der Waals surface area contributed by atoms with E-state index in [4.69, 9.17) is 0 Å². The highest BCUT2D eigenvalue weighted by Gasteiger charge is 2.23. The van der Waals surface area contributed by atoms with Crippen molar-refractivity contribution < 1.29 is 9.90 Å². The van der Waals surface area contributed by atoms with Crippen LogP contribution < -0.4 is 0 Å². The van der Waals surface area contributed by atoms with Crippen molar-refractivity contribution in [3.05, 3.63) is 52.8 Å². The summed E-state index contributed by atoms with van der Waals surface area (Å²) in [5.41, 5.74) is 2.78. The molecule has 1 aromatic heterocycles. The highest BCUT2D eigenvalue weighted by molar-refractivity contribution is 5.99. The summed E-state index contributed by atoms with van der Waals surface area (Å²) in [6.45, 7) is 5.78. The minimum Gasteiger partial charge on any atom is -0.478 e. The summed E-state index contributed by atoms with van der Waals surface area (Å²) >= 11 is 0. The number of hydrogen-bond donors (Lipinski definition) is 1. The summed E-state index contributed by atoms with van der Waals surface area (Å²) < 4.78 is 0. The fraction of sp³-hybridized carbons (Fsp3) is 0.278. The van der Waals surface area contributed by atoms with Gasteiger partial charge in [-0.15, -0.1) is 0 Å².